The number of nitrogens with zero attached hydrogens (tertiary/aromatic N) is 2. The van der Waals surface area contributed by atoms with E-state index in [0.29, 0.717) is 5.82 Å². The summed E-state index contributed by atoms with van der Waals surface area (Å²) in [7, 11) is 0. The minimum absolute atomic E-state index is 0.168. The highest BCUT2D eigenvalue weighted by atomic mass is 16.4. The molecule has 0 spiro atoms. The smallest absolute Gasteiger partial charge is 0.335 e. The van der Waals surface area contributed by atoms with Crippen molar-refractivity contribution in [3.8, 4) is 0 Å². The summed E-state index contributed by atoms with van der Waals surface area (Å²) >= 11 is 0. The van der Waals surface area contributed by atoms with E-state index >= 15 is 0 Å². The van der Waals surface area contributed by atoms with Crippen LogP contribution in [0.15, 0.2) is 12.1 Å². The van der Waals surface area contributed by atoms with Crippen LogP contribution in [0.2, 0.25) is 0 Å². The first-order valence-corrected chi connectivity index (χ1v) is 6.93. The van der Waals surface area contributed by atoms with Crippen LogP contribution in [0.5, 0.6) is 0 Å². The first kappa shape index (κ1) is 14.8. The Morgan fingerprint density at radius 2 is 2.15 bits per heavy atom. The first-order valence-electron chi connectivity index (χ1n) is 6.93. The van der Waals surface area contributed by atoms with Gasteiger partial charge in [-0.25, -0.2) is 9.78 Å². The average Bonchev–Trinajstić information content (AvgIpc) is 2.86. The van der Waals surface area contributed by atoms with Crippen LogP contribution in [0.25, 0.3) is 0 Å². The fourth-order valence-corrected chi connectivity index (χ4v) is 2.38. The number of aliphatic hydroxyl groups excluding tert-OH is 1. The van der Waals surface area contributed by atoms with Crippen molar-refractivity contribution in [1.82, 2.24) is 4.98 Å². The molecule has 0 amide bonds. The van der Waals surface area contributed by atoms with Crippen LogP contribution in [0.4, 0.5) is 5.82 Å². The molecule has 1 aromatic rings. The molecule has 1 unspecified atom stereocenters. The number of anilines is 1. The van der Waals surface area contributed by atoms with Gasteiger partial charge in [0.1, 0.15) is 5.82 Å². The minimum atomic E-state index is -0.933. The third-order valence-electron chi connectivity index (χ3n) is 3.70. The molecule has 2 heterocycles. The van der Waals surface area contributed by atoms with Crippen molar-refractivity contribution in [3.63, 3.8) is 0 Å². The maximum Gasteiger partial charge on any atom is 0.335 e. The molecule has 0 saturated carbocycles. The summed E-state index contributed by atoms with van der Waals surface area (Å²) in [6, 6.07) is 3.27. The minimum Gasteiger partial charge on any atom is -0.478 e. The fourth-order valence-electron chi connectivity index (χ4n) is 2.38. The largest absolute Gasteiger partial charge is 0.478 e. The first-order chi connectivity index (χ1) is 9.31. The average molecular weight is 278 g/mol. The molecule has 0 aliphatic carbocycles. The molecule has 0 bridgehead atoms. The molecule has 20 heavy (non-hydrogen) atoms. The van der Waals surface area contributed by atoms with E-state index in [2.05, 4.69) is 9.88 Å². The van der Waals surface area contributed by atoms with Crippen LogP contribution in [-0.2, 0) is 5.41 Å². The molecule has 2 rings (SSSR count). The zero-order chi connectivity index (χ0) is 14.9. The lowest BCUT2D eigenvalue weighted by Gasteiger charge is -2.23. The molecule has 0 aromatic carbocycles. The van der Waals surface area contributed by atoms with Gasteiger partial charge >= 0.3 is 5.97 Å². The van der Waals surface area contributed by atoms with Gasteiger partial charge in [-0.2, -0.15) is 0 Å². The molecule has 1 saturated heterocycles. The quantitative estimate of drug-likeness (QED) is 0.883. The lowest BCUT2D eigenvalue weighted by molar-refractivity contribution is 0.0696. The molecule has 1 aliphatic heterocycles. The predicted molar refractivity (Wildman–Crippen MR) is 77.3 cm³/mol. The Hall–Kier alpha value is -1.62. The second-order valence-corrected chi connectivity index (χ2v) is 6.44. The zero-order valence-electron chi connectivity index (χ0n) is 12.3. The van der Waals surface area contributed by atoms with Gasteiger partial charge in [0.25, 0.3) is 0 Å². The Morgan fingerprint density at radius 1 is 1.45 bits per heavy atom. The van der Waals surface area contributed by atoms with Crippen LogP contribution < -0.4 is 4.90 Å². The highest BCUT2D eigenvalue weighted by molar-refractivity contribution is 5.88. The number of rotatable bonds is 3. The highest BCUT2D eigenvalue weighted by Gasteiger charge is 2.26. The van der Waals surface area contributed by atoms with E-state index in [1.165, 1.54) is 0 Å². The highest BCUT2D eigenvalue weighted by Crippen LogP contribution is 2.27. The topological polar surface area (TPSA) is 73.7 Å². The van der Waals surface area contributed by atoms with Crippen LogP contribution in [0.3, 0.4) is 0 Å². The standard InChI is InChI=1S/C15H22N2O3/c1-15(2,3)12-6-11(14(19)20)7-13(16-12)17-5-4-10(8-17)9-18/h6-7,10,18H,4-5,8-9H2,1-3H3,(H,19,20). The third-order valence-corrected chi connectivity index (χ3v) is 3.70. The van der Waals surface area contributed by atoms with Gasteiger partial charge in [0.05, 0.1) is 5.56 Å². The maximum absolute atomic E-state index is 11.3. The van der Waals surface area contributed by atoms with E-state index < -0.39 is 5.97 Å². The summed E-state index contributed by atoms with van der Waals surface area (Å²) in [4.78, 5) is 18.0. The van der Waals surface area contributed by atoms with Gasteiger partial charge in [-0.05, 0) is 18.6 Å². The Bertz CT molecular complexity index is 508. The maximum atomic E-state index is 11.3. The van der Waals surface area contributed by atoms with Gasteiger partial charge in [-0.1, -0.05) is 20.8 Å². The fraction of sp³-hybridized carbons (Fsp3) is 0.600. The molecule has 0 radical (unpaired) electrons. The monoisotopic (exact) mass is 278 g/mol. The Labute approximate surface area is 119 Å². The number of carboxylic acid groups (broad SMARTS) is 1. The number of hydrogen-bond acceptors (Lipinski definition) is 4. The lowest BCUT2D eigenvalue weighted by atomic mass is 9.90. The number of hydrogen-bond donors (Lipinski definition) is 2. The second kappa shape index (κ2) is 5.40. The summed E-state index contributed by atoms with van der Waals surface area (Å²) in [6.45, 7) is 7.77. The van der Waals surface area contributed by atoms with Gasteiger partial charge in [0.15, 0.2) is 0 Å². The number of aliphatic hydroxyl groups is 1. The Kier molecular flexibility index (Phi) is 3.99. The molecule has 2 N–H and O–H groups in total. The molecular weight excluding hydrogens is 256 g/mol. The van der Waals surface area contributed by atoms with Crippen molar-refractivity contribution in [1.29, 1.82) is 0 Å². The number of aromatic carboxylic acids is 1. The van der Waals surface area contributed by atoms with Crippen LogP contribution in [0.1, 0.15) is 43.2 Å². The zero-order valence-corrected chi connectivity index (χ0v) is 12.3. The predicted octanol–water partition coefficient (Wildman–Crippen LogP) is 1.90. The van der Waals surface area contributed by atoms with E-state index in [4.69, 9.17) is 0 Å². The Morgan fingerprint density at radius 3 is 2.65 bits per heavy atom. The number of pyridine rings is 1. The molecule has 5 nitrogen and oxygen atoms in total. The van der Waals surface area contributed by atoms with Gasteiger partial charge in [-0.15, -0.1) is 0 Å². The van der Waals surface area contributed by atoms with Gasteiger partial charge in [-0.3, -0.25) is 0 Å². The van der Waals surface area contributed by atoms with Gasteiger partial charge < -0.3 is 15.1 Å². The third kappa shape index (κ3) is 3.10. The second-order valence-electron chi connectivity index (χ2n) is 6.44. The summed E-state index contributed by atoms with van der Waals surface area (Å²) in [5.74, 6) is 0.0196. The van der Waals surface area contributed by atoms with E-state index in [-0.39, 0.29) is 23.5 Å². The van der Waals surface area contributed by atoms with Crippen molar-refractivity contribution < 1.29 is 15.0 Å². The number of aromatic nitrogens is 1. The molecule has 1 atom stereocenters. The van der Waals surface area contributed by atoms with Crippen molar-refractivity contribution in [3.05, 3.63) is 23.4 Å². The lowest BCUT2D eigenvalue weighted by Crippen LogP contribution is -2.24. The molecule has 5 heteroatoms. The van der Waals surface area contributed by atoms with Crippen molar-refractivity contribution >= 4 is 11.8 Å². The number of carbonyl (C=O) groups is 1. The SMILES string of the molecule is CC(C)(C)c1cc(C(=O)O)cc(N2CCC(CO)C2)n1. The van der Waals surface area contributed by atoms with E-state index in [1.807, 2.05) is 20.8 Å². The van der Waals surface area contributed by atoms with Gasteiger partial charge in [0.2, 0.25) is 0 Å². The molecule has 1 aromatic heterocycles. The van der Waals surface area contributed by atoms with Crippen molar-refractivity contribution in [2.75, 3.05) is 24.6 Å². The van der Waals surface area contributed by atoms with Gasteiger partial charge in [0, 0.05) is 36.7 Å². The summed E-state index contributed by atoms with van der Waals surface area (Å²) in [6.07, 6.45) is 0.917. The normalized spacial score (nSPS) is 19.4. The summed E-state index contributed by atoms with van der Waals surface area (Å²) in [5.41, 5.74) is 0.850. The van der Waals surface area contributed by atoms with E-state index in [9.17, 15) is 15.0 Å². The summed E-state index contributed by atoms with van der Waals surface area (Å²) < 4.78 is 0. The summed E-state index contributed by atoms with van der Waals surface area (Å²) in [5, 5.41) is 18.5. The molecular formula is C15H22N2O3. The number of carboxylic acids is 1. The van der Waals surface area contributed by atoms with E-state index in [0.717, 1.165) is 25.2 Å². The van der Waals surface area contributed by atoms with Crippen molar-refractivity contribution in [2.24, 2.45) is 5.92 Å². The van der Waals surface area contributed by atoms with Crippen molar-refractivity contribution in [2.45, 2.75) is 32.6 Å². The van der Waals surface area contributed by atoms with Crippen LogP contribution >= 0.6 is 0 Å². The molecule has 1 fully saturated rings. The van der Waals surface area contributed by atoms with E-state index in [1.54, 1.807) is 12.1 Å². The molecule has 110 valence electrons. The van der Waals surface area contributed by atoms with Crippen LogP contribution in [0, 0.1) is 5.92 Å². The molecule has 1 aliphatic rings. The van der Waals surface area contributed by atoms with Crippen LogP contribution in [-0.4, -0.2) is 40.9 Å². The Balaban J connectivity index is 2.38.